The minimum atomic E-state index is -4.69. The SMILES string of the molecule is CCCCC/C=C\C/C=C\CCCCCCCCCC(=O)NC(COP(=O)([O-])OCC[N+](C)(C)C)C(/C=C\CCCCCCCCCCC)OC(=O)CCCCC/C=C\CCCCCCCC. The van der Waals surface area contributed by atoms with Crippen LogP contribution in [0.15, 0.2) is 48.6 Å². The fraction of sp³-hybridized carbons (Fsp3) is 0.825. The monoisotopic (exact) mass is 963 g/mol. The number of phosphoric acid groups is 1. The minimum absolute atomic E-state index is 0.0263. The van der Waals surface area contributed by atoms with Crippen LogP contribution in [0.4, 0.5) is 0 Å². The van der Waals surface area contributed by atoms with Crippen LogP contribution in [0.3, 0.4) is 0 Å². The summed E-state index contributed by atoms with van der Waals surface area (Å²) in [6, 6.07) is -0.896. The lowest BCUT2D eigenvalue weighted by Crippen LogP contribution is -2.47. The molecule has 9 nitrogen and oxygen atoms in total. The van der Waals surface area contributed by atoms with Crippen LogP contribution >= 0.6 is 7.82 Å². The van der Waals surface area contributed by atoms with Crippen molar-refractivity contribution in [3.63, 3.8) is 0 Å². The number of ether oxygens (including phenoxy) is 1. The number of rotatable bonds is 50. The first-order valence-electron chi connectivity index (χ1n) is 27.9. The molecule has 1 N–H and O–H groups in total. The summed E-state index contributed by atoms with van der Waals surface area (Å²) in [6.45, 7) is 6.78. The van der Waals surface area contributed by atoms with Gasteiger partial charge in [-0.25, -0.2) is 0 Å². The fourth-order valence-corrected chi connectivity index (χ4v) is 8.56. The van der Waals surface area contributed by atoms with Gasteiger partial charge in [0.05, 0.1) is 33.8 Å². The summed E-state index contributed by atoms with van der Waals surface area (Å²) in [4.78, 5) is 39.7. The summed E-state index contributed by atoms with van der Waals surface area (Å²) < 4.78 is 30.2. The van der Waals surface area contributed by atoms with Gasteiger partial charge in [-0.15, -0.1) is 0 Å². The second kappa shape index (κ2) is 47.6. The van der Waals surface area contributed by atoms with Gasteiger partial charge in [0, 0.05) is 12.8 Å². The Morgan fingerprint density at radius 1 is 0.522 bits per heavy atom. The fourth-order valence-electron chi connectivity index (χ4n) is 7.84. The van der Waals surface area contributed by atoms with E-state index in [9.17, 15) is 19.0 Å². The third-order valence-corrected chi connectivity index (χ3v) is 13.2. The largest absolute Gasteiger partial charge is 0.756 e. The standard InChI is InChI=1S/C57H107N2O7P/c1-7-10-13-16-19-22-25-27-28-29-30-32-34-37-40-43-46-49-56(60)58-54(53-65-67(62,63)64-52-51-59(4,5)6)55(48-45-42-39-36-33-24-21-18-15-12-9-3)66-57(61)50-47-44-41-38-35-31-26-23-20-17-14-11-8-2/h19,22,27-28,31,35,45,48,54-55H,7-18,20-21,23-26,29-30,32-34,36-44,46-47,49-53H2,1-6H3,(H-,58,60,62,63)/b22-19-,28-27-,35-31-,48-45-. The number of hydrogen-bond donors (Lipinski definition) is 1. The van der Waals surface area contributed by atoms with Crippen molar-refractivity contribution in [3.05, 3.63) is 48.6 Å². The number of allylic oxidation sites excluding steroid dienone is 7. The van der Waals surface area contributed by atoms with Crippen molar-refractivity contribution >= 4 is 19.7 Å². The number of carbonyl (C=O) groups excluding carboxylic acids is 2. The molecule has 0 aromatic heterocycles. The second-order valence-corrected chi connectivity index (χ2v) is 21.5. The van der Waals surface area contributed by atoms with Crippen LogP contribution in [0.2, 0.25) is 0 Å². The molecule has 0 aromatic carbocycles. The number of hydrogen-bond acceptors (Lipinski definition) is 7. The van der Waals surface area contributed by atoms with E-state index in [4.69, 9.17) is 13.8 Å². The smallest absolute Gasteiger partial charge is 0.306 e. The Hall–Kier alpha value is -2.03. The van der Waals surface area contributed by atoms with Crippen LogP contribution in [-0.2, 0) is 27.9 Å². The minimum Gasteiger partial charge on any atom is -0.756 e. The van der Waals surface area contributed by atoms with E-state index in [-0.39, 0.29) is 24.9 Å². The molecule has 0 aromatic rings. The third kappa shape index (κ3) is 48.8. The predicted octanol–water partition coefficient (Wildman–Crippen LogP) is 15.9. The molecule has 0 aliphatic carbocycles. The molecular formula is C57H107N2O7P. The number of amides is 1. The van der Waals surface area contributed by atoms with Gasteiger partial charge >= 0.3 is 5.97 Å². The summed E-state index contributed by atoms with van der Waals surface area (Å²) in [7, 11) is 1.17. The topological polar surface area (TPSA) is 114 Å². The molecule has 0 saturated heterocycles. The third-order valence-electron chi connectivity index (χ3n) is 12.2. The highest BCUT2D eigenvalue weighted by molar-refractivity contribution is 7.45. The van der Waals surface area contributed by atoms with E-state index >= 15 is 0 Å². The molecule has 0 spiro atoms. The van der Waals surface area contributed by atoms with E-state index in [0.717, 1.165) is 83.5 Å². The summed E-state index contributed by atoms with van der Waals surface area (Å²) in [5.41, 5.74) is 0. The Labute approximate surface area is 414 Å². The van der Waals surface area contributed by atoms with Gasteiger partial charge < -0.3 is 28.5 Å². The quantitative estimate of drug-likeness (QED) is 0.0212. The van der Waals surface area contributed by atoms with E-state index in [1.165, 1.54) is 128 Å². The van der Waals surface area contributed by atoms with Crippen molar-refractivity contribution in [2.75, 3.05) is 40.9 Å². The molecule has 0 radical (unpaired) electrons. The van der Waals surface area contributed by atoms with E-state index in [1.807, 2.05) is 33.3 Å². The number of carbonyl (C=O) groups is 2. The molecule has 0 aliphatic rings. The van der Waals surface area contributed by atoms with Gasteiger partial charge in [-0.1, -0.05) is 198 Å². The number of unbranched alkanes of at least 4 members (excludes halogenated alkanes) is 28. The van der Waals surface area contributed by atoms with Crippen LogP contribution < -0.4 is 10.2 Å². The summed E-state index contributed by atoms with van der Waals surface area (Å²) in [5.74, 6) is -0.567. The van der Waals surface area contributed by atoms with Gasteiger partial charge in [-0.05, 0) is 89.5 Å². The van der Waals surface area contributed by atoms with E-state index in [1.54, 1.807) is 0 Å². The van der Waals surface area contributed by atoms with Gasteiger partial charge in [0.15, 0.2) is 0 Å². The van der Waals surface area contributed by atoms with Gasteiger partial charge in [-0.3, -0.25) is 14.2 Å². The number of phosphoric ester groups is 1. The molecule has 67 heavy (non-hydrogen) atoms. The number of quaternary nitrogens is 1. The van der Waals surface area contributed by atoms with Crippen molar-refractivity contribution in [1.82, 2.24) is 5.32 Å². The molecule has 10 heteroatoms. The number of likely N-dealkylation sites (N-methyl/N-ethyl adjacent to an activating group) is 1. The van der Waals surface area contributed by atoms with Crippen molar-refractivity contribution in [2.24, 2.45) is 0 Å². The summed E-state index contributed by atoms with van der Waals surface area (Å²) >= 11 is 0. The zero-order chi connectivity index (χ0) is 49.4. The first kappa shape index (κ1) is 65.0. The van der Waals surface area contributed by atoms with Crippen LogP contribution in [0.25, 0.3) is 0 Å². The molecule has 392 valence electrons. The molecule has 0 heterocycles. The number of nitrogens with one attached hydrogen (secondary N) is 1. The zero-order valence-corrected chi connectivity index (χ0v) is 45.5. The van der Waals surface area contributed by atoms with Crippen LogP contribution in [0, 0.1) is 0 Å². The molecule has 0 saturated carbocycles. The highest BCUT2D eigenvalue weighted by Gasteiger charge is 2.27. The Morgan fingerprint density at radius 2 is 0.910 bits per heavy atom. The predicted molar refractivity (Wildman–Crippen MR) is 284 cm³/mol. The van der Waals surface area contributed by atoms with Crippen molar-refractivity contribution in [3.8, 4) is 0 Å². The Morgan fingerprint density at radius 3 is 1.40 bits per heavy atom. The second-order valence-electron chi connectivity index (χ2n) is 20.1. The highest BCUT2D eigenvalue weighted by atomic mass is 31.2. The molecule has 3 unspecified atom stereocenters. The van der Waals surface area contributed by atoms with Gasteiger partial charge in [-0.2, -0.15) is 0 Å². The Bertz CT molecular complexity index is 1290. The van der Waals surface area contributed by atoms with E-state index in [2.05, 4.69) is 62.5 Å². The summed E-state index contributed by atoms with van der Waals surface area (Å²) in [6.07, 6.45) is 56.4. The highest BCUT2D eigenvalue weighted by Crippen LogP contribution is 2.38. The van der Waals surface area contributed by atoms with Crippen molar-refractivity contribution < 1.29 is 37.3 Å². The van der Waals surface area contributed by atoms with E-state index < -0.39 is 26.6 Å². The molecule has 3 atom stereocenters. The van der Waals surface area contributed by atoms with Crippen molar-refractivity contribution in [1.29, 1.82) is 0 Å². The normalized spacial score (nSPS) is 14.2. The van der Waals surface area contributed by atoms with E-state index in [0.29, 0.717) is 23.9 Å². The average Bonchev–Trinajstić information content (AvgIpc) is 3.28. The van der Waals surface area contributed by atoms with Crippen molar-refractivity contribution in [2.45, 2.75) is 264 Å². The van der Waals surface area contributed by atoms with Crippen LogP contribution in [0.1, 0.15) is 252 Å². The Kier molecular flexibility index (Phi) is 46.2. The van der Waals surface area contributed by atoms with Gasteiger partial charge in [0.25, 0.3) is 7.82 Å². The maximum Gasteiger partial charge on any atom is 0.306 e. The Balaban J connectivity index is 5.36. The number of esters is 1. The lowest BCUT2D eigenvalue weighted by Gasteiger charge is -2.30. The molecule has 0 aliphatic heterocycles. The molecule has 0 bridgehead atoms. The first-order chi connectivity index (χ1) is 32.4. The van der Waals surface area contributed by atoms with Crippen LogP contribution in [-0.4, -0.2) is 69.4 Å². The number of nitrogens with zero attached hydrogens (tertiary/aromatic N) is 1. The maximum atomic E-state index is 13.5. The molecule has 0 rings (SSSR count). The zero-order valence-electron chi connectivity index (χ0n) is 44.6. The molecule has 0 fully saturated rings. The summed E-state index contributed by atoms with van der Waals surface area (Å²) in [5, 5.41) is 3.01. The maximum absolute atomic E-state index is 13.5. The average molecular weight is 963 g/mol. The lowest BCUT2D eigenvalue weighted by molar-refractivity contribution is -0.870. The van der Waals surface area contributed by atoms with Gasteiger partial charge in [0.1, 0.15) is 19.3 Å². The lowest BCUT2D eigenvalue weighted by atomic mass is 10.1. The molecular weight excluding hydrogens is 856 g/mol. The van der Waals surface area contributed by atoms with Gasteiger partial charge in [0.2, 0.25) is 5.91 Å². The first-order valence-corrected chi connectivity index (χ1v) is 29.4. The molecule has 1 amide bonds. The van der Waals surface area contributed by atoms with Crippen LogP contribution in [0.5, 0.6) is 0 Å².